The molecule has 100 valence electrons. The van der Waals surface area contributed by atoms with E-state index < -0.39 is 15.9 Å². The lowest BCUT2D eigenvalue weighted by Crippen LogP contribution is -2.31. The van der Waals surface area contributed by atoms with Crippen LogP contribution in [0.5, 0.6) is 5.75 Å². The van der Waals surface area contributed by atoms with Crippen molar-refractivity contribution in [1.29, 1.82) is 0 Å². The van der Waals surface area contributed by atoms with Gasteiger partial charge < -0.3 is 9.84 Å². The third kappa shape index (κ3) is 5.29. The highest BCUT2D eigenvalue weighted by molar-refractivity contribution is 6.67. The summed E-state index contributed by atoms with van der Waals surface area (Å²) in [5.74, 6) is -1.10. The lowest BCUT2D eigenvalue weighted by atomic mass is 10.2. The molecule has 1 atom stereocenters. The second-order valence-electron chi connectivity index (χ2n) is 3.34. The Morgan fingerprint density at radius 3 is 2.39 bits per heavy atom. The van der Waals surface area contributed by atoms with E-state index >= 15 is 0 Å². The third-order valence-electron chi connectivity index (χ3n) is 1.86. The summed E-state index contributed by atoms with van der Waals surface area (Å²) in [5, 5.41) is 9.56. The third-order valence-corrected chi connectivity index (χ3v) is 2.85. The molecule has 1 N–H and O–H groups in total. The number of benzene rings is 1. The first-order chi connectivity index (χ1) is 8.19. The number of hydrogen-bond acceptors (Lipinski definition) is 2. The molecule has 0 saturated carbocycles. The molecule has 0 heterocycles. The summed E-state index contributed by atoms with van der Waals surface area (Å²) in [4.78, 5) is 11.0. The Bertz CT molecular complexity index is 444. The average molecular weight is 352 g/mol. The van der Waals surface area contributed by atoms with Gasteiger partial charge in [0.05, 0.1) is 5.02 Å². The number of rotatable bonds is 4. The van der Waals surface area contributed by atoms with Crippen LogP contribution in [-0.4, -0.2) is 21.0 Å². The minimum Gasteiger partial charge on any atom is -0.479 e. The molecule has 0 aliphatic heterocycles. The summed E-state index contributed by atoms with van der Waals surface area (Å²) >= 11 is 28.2. The minimum absolute atomic E-state index is 0.155. The summed E-state index contributed by atoms with van der Waals surface area (Å²) in [6.45, 7) is 0. The molecule has 0 radical (unpaired) electrons. The molecule has 0 aliphatic rings. The van der Waals surface area contributed by atoms with Crippen LogP contribution in [-0.2, 0) is 4.79 Å². The molecule has 1 aromatic carbocycles. The van der Waals surface area contributed by atoms with Gasteiger partial charge in [0.1, 0.15) is 5.75 Å². The minimum atomic E-state index is -1.73. The summed E-state index contributed by atoms with van der Waals surface area (Å²) < 4.78 is 3.46. The van der Waals surface area contributed by atoms with Crippen LogP contribution in [0.25, 0.3) is 0 Å². The number of aliphatic carboxylic acids is 1. The molecule has 0 aromatic heterocycles. The van der Waals surface area contributed by atoms with Gasteiger partial charge in [0.2, 0.25) is 0 Å². The average Bonchev–Trinajstić information content (AvgIpc) is 2.18. The summed E-state index contributed by atoms with van der Waals surface area (Å²) in [5.41, 5.74) is 0. The van der Waals surface area contributed by atoms with E-state index in [4.69, 9.17) is 67.8 Å². The van der Waals surface area contributed by atoms with E-state index in [-0.39, 0.29) is 17.2 Å². The molecule has 1 unspecified atom stereocenters. The highest BCUT2D eigenvalue weighted by Crippen LogP contribution is 2.34. The van der Waals surface area contributed by atoms with Crippen LogP contribution in [0.15, 0.2) is 18.2 Å². The van der Waals surface area contributed by atoms with Crippen molar-refractivity contribution in [3.05, 3.63) is 28.2 Å². The Kier molecular flexibility index (Phi) is 5.68. The van der Waals surface area contributed by atoms with Gasteiger partial charge in [-0.25, -0.2) is 4.79 Å². The van der Waals surface area contributed by atoms with Gasteiger partial charge in [-0.1, -0.05) is 58.0 Å². The second kappa shape index (κ2) is 6.40. The van der Waals surface area contributed by atoms with Gasteiger partial charge in [-0.3, -0.25) is 0 Å². The van der Waals surface area contributed by atoms with Gasteiger partial charge in [0.15, 0.2) is 9.90 Å². The first kappa shape index (κ1) is 16.0. The fourth-order valence-electron chi connectivity index (χ4n) is 1.11. The highest BCUT2D eigenvalue weighted by Gasteiger charge is 2.32. The van der Waals surface area contributed by atoms with Crippen molar-refractivity contribution >= 4 is 64.0 Å². The molecule has 0 aliphatic carbocycles. The quantitative estimate of drug-likeness (QED) is 0.807. The number of carboxylic acid groups (broad SMARTS) is 1. The maximum absolute atomic E-state index is 11.0. The summed E-state index contributed by atoms with van der Waals surface area (Å²) in [6.07, 6.45) is -1.64. The molecule has 3 nitrogen and oxygen atoms in total. The summed E-state index contributed by atoms with van der Waals surface area (Å²) in [6, 6.07) is 4.38. The Hall–Kier alpha value is -0.0600. The van der Waals surface area contributed by atoms with Crippen molar-refractivity contribution in [2.24, 2.45) is 0 Å². The second-order valence-corrected chi connectivity index (χ2v) is 6.70. The standard InChI is InChI=1S/C10H7Cl5O3/c11-5-1-2-7(6(12)3-5)18-8(9(16)17)4-10(13,14)15/h1-3,8H,4H2,(H,16,17). The molecular formula is C10H7Cl5O3. The topological polar surface area (TPSA) is 46.5 Å². The van der Waals surface area contributed by atoms with Crippen molar-refractivity contribution in [1.82, 2.24) is 0 Å². The van der Waals surface area contributed by atoms with Crippen LogP contribution >= 0.6 is 58.0 Å². The molecule has 8 heteroatoms. The molecular weight excluding hydrogens is 345 g/mol. The predicted molar refractivity (Wildman–Crippen MR) is 73.4 cm³/mol. The highest BCUT2D eigenvalue weighted by atomic mass is 35.6. The Morgan fingerprint density at radius 1 is 1.33 bits per heavy atom. The van der Waals surface area contributed by atoms with Gasteiger partial charge in [0.25, 0.3) is 0 Å². The number of carboxylic acids is 1. The lowest BCUT2D eigenvalue weighted by Gasteiger charge is -2.19. The molecule has 0 bridgehead atoms. The zero-order valence-electron chi connectivity index (χ0n) is 8.67. The van der Waals surface area contributed by atoms with E-state index in [9.17, 15) is 4.79 Å². The Balaban J connectivity index is 2.87. The van der Waals surface area contributed by atoms with Gasteiger partial charge in [-0.05, 0) is 18.2 Å². The predicted octanol–water partition coefficient (Wildman–Crippen LogP) is 4.59. The molecule has 0 amide bonds. The van der Waals surface area contributed by atoms with Crippen LogP contribution < -0.4 is 4.74 Å². The fraction of sp³-hybridized carbons (Fsp3) is 0.300. The van der Waals surface area contributed by atoms with Crippen LogP contribution in [0.2, 0.25) is 10.0 Å². The van der Waals surface area contributed by atoms with Crippen molar-refractivity contribution in [2.45, 2.75) is 16.3 Å². The molecule has 0 fully saturated rings. The van der Waals surface area contributed by atoms with E-state index in [1.165, 1.54) is 18.2 Å². The van der Waals surface area contributed by atoms with E-state index in [0.29, 0.717) is 5.02 Å². The molecule has 0 saturated heterocycles. The van der Waals surface area contributed by atoms with Crippen LogP contribution in [0.3, 0.4) is 0 Å². The maximum atomic E-state index is 11.0. The largest absolute Gasteiger partial charge is 0.479 e. The monoisotopic (exact) mass is 350 g/mol. The van der Waals surface area contributed by atoms with E-state index in [1.54, 1.807) is 0 Å². The van der Waals surface area contributed by atoms with E-state index in [1.807, 2.05) is 0 Å². The Morgan fingerprint density at radius 2 is 1.94 bits per heavy atom. The van der Waals surface area contributed by atoms with Crippen LogP contribution in [0.4, 0.5) is 0 Å². The van der Waals surface area contributed by atoms with Crippen LogP contribution in [0, 0.1) is 0 Å². The molecule has 0 spiro atoms. The smallest absolute Gasteiger partial charge is 0.345 e. The van der Waals surface area contributed by atoms with Crippen molar-refractivity contribution in [2.75, 3.05) is 0 Å². The number of halogens is 5. The zero-order valence-corrected chi connectivity index (χ0v) is 12.4. The van der Waals surface area contributed by atoms with E-state index in [2.05, 4.69) is 0 Å². The SMILES string of the molecule is O=C(O)C(CC(Cl)(Cl)Cl)Oc1ccc(Cl)cc1Cl. The van der Waals surface area contributed by atoms with E-state index in [0.717, 1.165) is 0 Å². The van der Waals surface area contributed by atoms with Crippen molar-refractivity contribution in [3.8, 4) is 5.75 Å². The summed E-state index contributed by atoms with van der Waals surface area (Å²) in [7, 11) is 0. The van der Waals surface area contributed by atoms with Gasteiger partial charge in [-0.15, -0.1) is 0 Å². The van der Waals surface area contributed by atoms with Crippen molar-refractivity contribution in [3.63, 3.8) is 0 Å². The first-order valence-electron chi connectivity index (χ1n) is 4.60. The normalized spacial score (nSPS) is 13.2. The molecule has 1 rings (SSSR count). The number of ether oxygens (including phenoxy) is 1. The first-order valence-corrected chi connectivity index (χ1v) is 6.49. The van der Waals surface area contributed by atoms with Gasteiger partial charge >= 0.3 is 5.97 Å². The van der Waals surface area contributed by atoms with Crippen LogP contribution in [0.1, 0.15) is 6.42 Å². The zero-order chi connectivity index (χ0) is 13.9. The molecule has 1 aromatic rings. The number of hydrogen-bond donors (Lipinski definition) is 1. The van der Waals surface area contributed by atoms with Crippen molar-refractivity contribution < 1.29 is 14.6 Å². The van der Waals surface area contributed by atoms with Gasteiger partial charge in [0, 0.05) is 11.4 Å². The lowest BCUT2D eigenvalue weighted by molar-refractivity contribution is -0.145. The number of carbonyl (C=O) groups is 1. The number of alkyl halides is 3. The maximum Gasteiger partial charge on any atom is 0.345 e. The Labute approximate surface area is 128 Å². The fourth-order valence-corrected chi connectivity index (χ4v) is 1.99. The molecule has 18 heavy (non-hydrogen) atoms. The van der Waals surface area contributed by atoms with Gasteiger partial charge in [-0.2, -0.15) is 0 Å².